The summed E-state index contributed by atoms with van der Waals surface area (Å²) in [4.78, 5) is 4.62. The molecule has 0 aromatic carbocycles. The van der Waals surface area contributed by atoms with Crippen molar-refractivity contribution in [2.45, 2.75) is 52.1 Å². The smallest absolute Gasteiger partial charge is 0.0389 e. The van der Waals surface area contributed by atoms with Gasteiger partial charge < -0.3 is 5.32 Å². The molecule has 1 aliphatic rings. The lowest BCUT2D eigenvalue weighted by molar-refractivity contribution is 0.585. The van der Waals surface area contributed by atoms with E-state index in [1.165, 1.54) is 41.0 Å². The number of hydrogen-bond donors (Lipinski definition) is 1. The van der Waals surface area contributed by atoms with E-state index in [1.807, 2.05) is 22.7 Å². The summed E-state index contributed by atoms with van der Waals surface area (Å²) in [6.07, 6.45) is 5.35. The molecule has 0 saturated heterocycles. The highest BCUT2D eigenvalue weighted by molar-refractivity contribution is 7.12. The fourth-order valence-corrected chi connectivity index (χ4v) is 4.80. The Kier molecular flexibility index (Phi) is 4.06. The lowest BCUT2D eigenvalue weighted by Crippen LogP contribution is -2.16. The van der Waals surface area contributed by atoms with Gasteiger partial charge in [0.1, 0.15) is 0 Å². The zero-order chi connectivity index (χ0) is 13.2. The summed E-state index contributed by atoms with van der Waals surface area (Å²) in [5.74, 6) is 0. The summed E-state index contributed by atoms with van der Waals surface area (Å²) in [6.45, 7) is 5.48. The van der Waals surface area contributed by atoms with E-state index in [-0.39, 0.29) is 0 Å². The molecule has 1 aliphatic carbocycles. The van der Waals surface area contributed by atoms with E-state index in [0.29, 0.717) is 6.04 Å². The number of aryl methyl sites for hydroxylation is 3. The van der Waals surface area contributed by atoms with E-state index in [4.69, 9.17) is 0 Å². The van der Waals surface area contributed by atoms with E-state index in [9.17, 15) is 0 Å². The molecule has 1 atom stereocenters. The Morgan fingerprint density at radius 2 is 2.16 bits per heavy atom. The molecular weight excluding hydrogens is 270 g/mol. The molecule has 3 heteroatoms. The van der Waals surface area contributed by atoms with Crippen LogP contribution in [0.3, 0.4) is 0 Å². The van der Waals surface area contributed by atoms with Crippen LogP contribution in [-0.4, -0.2) is 0 Å². The Morgan fingerprint density at radius 3 is 2.89 bits per heavy atom. The molecule has 0 bridgehead atoms. The first-order chi connectivity index (χ1) is 9.24. The lowest BCUT2D eigenvalue weighted by atomic mass is 9.99. The number of thiophene rings is 2. The molecule has 0 spiro atoms. The minimum absolute atomic E-state index is 0.470. The minimum atomic E-state index is 0.470. The average molecular weight is 291 g/mol. The van der Waals surface area contributed by atoms with Crippen molar-refractivity contribution in [2.75, 3.05) is 0 Å². The van der Waals surface area contributed by atoms with E-state index >= 15 is 0 Å². The summed E-state index contributed by atoms with van der Waals surface area (Å²) >= 11 is 3.88. The molecule has 1 nitrogen and oxygen atoms in total. The molecule has 102 valence electrons. The molecule has 0 radical (unpaired) electrons. The van der Waals surface area contributed by atoms with Gasteiger partial charge in [-0.25, -0.2) is 0 Å². The lowest BCUT2D eigenvalue weighted by Gasteiger charge is -2.11. The third-order valence-electron chi connectivity index (χ3n) is 3.98. The van der Waals surface area contributed by atoms with Crippen molar-refractivity contribution in [1.29, 1.82) is 0 Å². The van der Waals surface area contributed by atoms with Crippen LogP contribution < -0.4 is 5.32 Å². The predicted molar refractivity (Wildman–Crippen MR) is 85.3 cm³/mol. The highest BCUT2D eigenvalue weighted by Gasteiger charge is 2.16. The van der Waals surface area contributed by atoms with E-state index in [1.54, 1.807) is 10.4 Å². The van der Waals surface area contributed by atoms with Crippen LogP contribution in [0.25, 0.3) is 0 Å². The highest BCUT2D eigenvalue weighted by atomic mass is 32.1. The first kappa shape index (κ1) is 13.3. The maximum atomic E-state index is 3.67. The molecule has 1 N–H and O–H groups in total. The molecule has 0 amide bonds. The monoisotopic (exact) mass is 291 g/mol. The highest BCUT2D eigenvalue weighted by Crippen LogP contribution is 2.33. The Labute approximate surface area is 123 Å². The average Bonchev–Trinajstić information content (AvgIpc) is 3.01. The van der Waals surface area contributed by atoms with Crippen LogP contribution in [0.5, 0.6) is 0 Å². The molecule has 0 aliphatic heterocycles. The molecule has 0 saturated carbocycles. The van der Waals surface area contributed by atoms with E-state index < -0.39 is 0 Å². The Balaban J connectivity index is 1.65. The van der Waals surface area contributed by atoms with Crippen molar-refractivity contribution in [3.63, 3.8) is 0 Å². The van der Waals surface area contributed by atoms with Crippen molar-refractivity contribution in [3.05, 3.63) is 43.3 Å². The number of nitrogens with one attached hydrogen (secondary N) is 1. The maximum absolute atomic E-state index is 3.67. The Hall–Kier alpha value is -0.640. The zero-order valence-electron chi connectivity index (χ0n) is 11.7. The van der Waals surface area contributed by atoms with Gasteiger partial charge in [0.2, 0.25) is 0 Å². The first-order valence-corrected chi connectivity index (χ1v) is 8.81. The molecule has 0 fully saturated rings. The summed E-state index contributed by atoms with van der Waals surface area (Å²) in [7, 11) is 0. The molecule has 1 unspecified atom stereocenters. The molecule has 2 heterocycles. The van der Waals surface area contributed by atoms with Crippen molar-refractivity contribution < 1.29 is 0 Å². The third kappa shape index (κ3) is 2.93. The third-order valence-corrected chi connectivity index (χ3v) is 6.42. The van der Waals surface area contributed by atoms with Crippen LogP contribution >= 0.6 is 22.7 Å². The molecule has 19 heavy (non-hydrogen) atoms. The molecular formula is C16H21NS2. The second-order valence-electron chi connectivity index (χ2n) is 5.43. The van der Waals surface area contributed by atoms with Gasteiger partial charge in [-0.15, -0.1) is 22.7 Å². The van der Waals surface area contributed by atoms with Crippen molar-refractivity contribution >= 4 is 22.7 Å². The van der Waals surface area contributed by atoms with Gasteiger partial charge in [-0.3, -0.25) is 0 Å². The van der Waals surface area contributed by atoms with Gasteiger partial charge in [-0.1, -0.05) is 0 Å². The molecule has 3 rings (SSSR count). The van der Waals surface area contributed by atoms with Crippen molar-refractivity contribution in [2.24, 2.45) is 0 Å². The van der Waals surface area contributed by atoms with Gasteiger partial charge in [0, 0.05) is 27.2 Å². The van der Waals surface area contributed by atoms with E-state index in [0.717, 1.165) is 6.54 Å². The van der Waals surface area contributed by atoms with Gasteiger partial charge in [0.15, 0.2) is 0 Å². The van der Waals surface area contributed by atoms with Crippen molar-refractivity contribution in [1.82, 2.24) is 5.32 Å². The second kappa shape index (κ2) is 5.78. The topological polar surface area (TPSA) is 12.0 Å². The van der Waals surface area contributed by atoms with Crippen LogP contribution in [0.1, 0.15) is 51.6 Å². The quantitative estimate of drug-likeness (QED) is 0.849. The second-order valence-corrected chi connectivity index (χ2v) is 7.60. The summed E-state index contributed by atoms with van der Waals surface area (Å²) in [5.41, 5.74) is 3.03. The number of fused-ring (bicyclic) bond motifs is 1. The summed E-state index contributed by atoms with van der Waals surface area (Å²) in [6, 6.07) is 5.12. The maximum Gasteiger partial charge on any atom is 0.0389 e. The van der Waals surface area contributed by atoms with Crippen LogP contribution in [0, 0.1) is 6.92 Å². The van der Waals surface area contributed by atoms with Crippen LogP contribution in [-0.2, 0) is 19.4 Å². The first-order valence-electron chi connectivity index (χ1n) is 7.12. The van der Waals surface area contributed by atoms with Crippen molar-refractivity contribution in [3.8, 4) is 0 Å². The fraction of sp³-hybridized carbons (Fsp3) is 0.500. The zero-order valence-corrected chi connectivity index (χ0v) is 13.3. The van der Waals surface area contributed by atoms with Crippen LogP contribution in [0.15, 0.2) is 17.5 Å². The van der Waals surface area contributed by atoms with Crippen LogP contribution in [0.2, 0.25) is 0 Å². The van der Waals surface area contributed by atoms with E-state index in [2.05, 4.69) is 36.7 Å². The normalized spacial score (nSPS) is 16.3. The summed E-state index contributed by atoms with van der Waals surface area (Å²) < 4.78 is 0. The van der Waals surface area contributed by atoms with Gasteiger partial charge in [-0.05, 0) is 68.2 Å². The standard InChI is InChI=1S/C16H21NS2/c1-11-7-8-18-16(11)10-17-12(2)15-9-13-5-3-4-6-14(13)19-15/h7-9,12,17H,3-6,10H2,1-2H3. The minimum Gasteiger partial charge on any atom is -0.305 e. The van der Waals surface area contributed by atoms with Gasteiger partial charge in [0.05, 0.1) is 0 Å². The van der Waals surface area contributed by atoms with Crippen LogP contribution in [0.4, 0.5) is 0 Å². The number of hydrogen-bond acceptors (Lipinski definition) is 3. The predicted octanol–water partition coefficient (Wildman–Crippen LogP) is 4.85. The summed E-state index contributed by atoms with van der Waals surface area (Å²) in [5, 5.41) is 5.85. The molecule has 2 aromatic heterocycles. The molecule has 2 aromatic rings. The van der Waals surface area contributed by atoms with Gasteiger partial charge in [0.25, 0.3) is 0 Å². The Bertz CT molecular complexity index is 529. The van der Waals surface area contributed by atoms with Gasteiger partial charge in [-0.2, -0.15) is 0 Å². The SMILES string of the molecule is Cc1ccsc1CNC(C)c1cc2c(s1)CCCC2. The largest absolute Gasteiger partial charge is 0.305 e. The Morgan fingerprint density at radius 1 is 1.32 bits per heavy atom. The number of rotatable bonds is 4. The fourth-order valence-electron chi connectivity index (χ4n) is 2.66. The van der Waals surface area contributed by atoms with Gasteiger partial charge >= 0.3 is 0 Å².